The molecule has 0 saturated carbocycles. The number of esters is 4. The molecule has 0 bridgehead atoms. The highest BCUT2D eigenvalue weighted by Gasteiger charge is 2.52. The van der Waals surface area contributed by atoms with Crippen LogP contribution in [-0.2, 0) is 42.9 Å². The van der Waals surface area contributed by atoms with E-state index in [1.54, 1.807) is 12.1 Å². The summed E-state index contributed by atoms with van der Waals surface area (Å²) in [7, 11) is 0. The second-order valence-electron chi connectivity index (χ2n) is 7.11. The molecule has 180 valence electrons. The van der Waals surface area contributed by atoms with E-state index in [0.717, 1.165) is 20.8 Å². The van der Waals surface area contributed by atoms with E-state index in [4.69, 9.17) is 35.3 Å². The van der Waals surface area contributed by atoms with Crippen LogP contribution in [0, 0.1) is 0 Å². The Morgan fingerprint density at radius 3 is 2.06 bits per heavy atom. The molecule has 1 aromatic rings. The topological polar surface area (TPSA) is 144 Å². The summed E-state index contributed by atoms with van der Waals surface area (Å²) < 4.78 is 26.8. The van der Waals surface area contributed by atoms with E-state index in [2.05, 4.69) is 5.32 Å². The Morgan fingerprint density at radius 2 is 1.52 bits per heavy atom. The Bertz CT molecular complexity index is 920. The lowest BCUT2D eigenvalue weighted by molar-refractivity contribution is -0.263. The number of carbonyl (C=O) groups excluding carboxylic acids is 5. The van der Waals surface area contributed by atoms with E-state index in [1.807, 2.05) is 0 Å². The van der Waals surface area contributed by atoms with Gasteiger partial charge in [0.05, 0.1) is 10.6 Å². The average molecular weight is 486 g/mol. The molecule has 11 nitrogen and oxygen atoms in total. The third-order valence-electron chi connectivity index (χ3n) is 4.39. The Hall–Kier alpha value is -3.18. The minimum atomic E-state index is -1.52. The van der Waals surface area contributed by atoms with Crippen molar-refractivity contribution >= 4 is 41.4 Å². The predicted octanol–water partition coefficient (Wildman–Crippen LogP) is 1.15. The van der Waals surface area contributed by atoms with Crippen LogP contribution in [0.2, 0.25) is 5.02 Å². The summed E-state index contributed by atoms with van der Waals surface area (Å²) in [6, 6.07) is 4.81. The third-order valence-corrected chi connectivity index (χ3v) is 4.72. The molecule has 5 atom stereocenters. The molecule has 33 heavy (non-hydrogen) atoms. The van der Waals surface area contributed by atoms with Crippen LogP contribution >= 0.6 is 11.6 Å². The van der Waals surface area contributed by atoms with Gasteiger partial charge >= 0.3 is 23.9 Å². The van der Waals surface area contributed by atoms with E-state index in [1.165, 1.54) is 19.1 Å². The summed E-state index contributed by atoms with van der Waals surface area (Å²) in [6.07, 6.45) is -5.35. The molecule has 0 aromatic heterocycles. The summed E-state index contributed by atoms with van der Waals surface area (Å²) in [4.78, 5) is 59.5. The van der Waals surface area contributed by atoms with Crippen LogP contribution in [0.15, 0.2) is 24.3 Å². The number of hydrogen-bond donors (Lipinski definition) is 1. The molecule has 1 saturated heterocycles. The molecule has 1 heterocycles. The van der Waals surface area contributed by atoms with Crippen molar-refractivity contribution in [1.29, 1.82) is 0 Å². The summed E-state index contributed by atoms with van der Waals surface area (Å²) in [5.41, 5.74) is 0.0204. The van der Waals surface area contributed by atoms with Gasteiger partial charge in [-0.1, -0.05) is 23.7 Å². The summed E-state index contributed by atoms with van der Waals surface area (Å²) in [5.74, 6) is -3.63. The third kappa shape index (κ3) is 7.43. The Labute approximate surface area is 194 Å². The van der Waals surface area contributed by atoms with Crippen LogP contribution < -0.4 is 5.32 Å². The van der Waals surface area contributed by atoms with Gasteiger partial charge in [0.15, 0.2) is 12.2 Å². The molecule has 0 aliphatic carbocycles. The fourth-order valence-corrected chi connectivity index (χ4v) is 3.40. The molecule has 1 amide bonds. The first kappa shape index (κ1) is 26.1. The lowest BCUT2D eigenvalue weighted by Crippen LogP contribution is -2.66. The number of ether oxygens (including phenoxy) is 5. The molecular formula is C21H24ClNO10. The van der Waals surface area contributed by atoms with Crippen molar-refractivity contribution in [3.05, 3.63) is 34.9 Å². The number of halogens is 1. The molecular weight excluding hydrogens is 462 g/mol. The van der Waals surface area contributed by atoms with Crippen molar-refractivity contribution < 1.29 is 47.7 Å². The molecule has 0 spiro atoms. The van der Waals surface area contributed by atoms with E-state index < -0.39 is 67.0 Å². The van der Waals surface area contributed by atoms with Crippen molar-refractivity contribution in [3.8, 4) is 0 Å². The highest BCUT2D eigenvalue weighted by molar-refractivity contribution is 6.33. The van der Waals surface area contributed by atoms with E-state index in [-0.39, 0.29) is 10.6 Å². The zero-order valence-electron chi connectivity index (χ0n) is 18.4. The van der Waals surface area contributed by atoms with Gasteiger partial charge in [0.2, 0.25) is 12.2 Å². The van der Waals surface area contributed by atoms with Crippen LogP contribution in [0.3, 0.4) is 0 Å². The van der Waals surface area contributed by atoms with Crippen molar-refractivity contribution in [1.82, 2.24) is 5.32 Å². The van der Waals surface area contributed by atoms with E-state index in [0.29, 0.717) is 0 Å². The first-order valence-corrected chi connectivity index (χ1v) is 10.2. The van der Waals surface area contributed by atoms with Crippen molar-refractivity contribution in [2.45, 2.75) is 58.3 Å². The van der Waals surface area contributed by atoms with Crippen molar-refractivity contribution in [2.24, 2.45) is 0 Å². The fraction of sp³-hybridized carbons (Fsp3) is 0.476. The highest BCUT2D eigenvalue weighted by Crippen LogP contribution is 2.29. The lowest BCUT2D eigenvalue weighted by Gasteiger charge is -2.44. The van der Waals surface area contributed by atoms with Crippen LogP contribution in [-0.4, -0.2) is 67.0 Å². The lowest BCUT2D eigenvalue weighted by atomic mass is 9.96. The molecule has 1 fully saturated rings. The molecule has 0 radical (unpaired) electrons. The first-order valence-electron chi connectivity index (χ1n) is 9.85. The first-order chi connectivity index (χ1) is 15.5. The Morgan fingerprint density at radius 1 is 0.909 bits per heavy atom. The minimum absolute atomic E-state index is 0.0204. The smallest absolute Gasteiger partial charge is 0.342 e. The zero-order chi connectivity index (χ0) is 24.7. The second kappa shape index (κ2) is 11.6. The quantitative estimate of drug-likeness (QED) is 0.441. The highest BCUT2D eigenvalue weighted by atomic mass is 35.5. The molecule has 1 aromatic carbocycles. The van der Waals surface area contributed by atoms with Gasteiger partial charge < -0.3 is 29.0 Å². The van der Waals surface area contributed by atoms with Gasteiger partial charge in [-0.2, -0.15) is 0 Å². The number of amides is 1. The van der Waals surface area contributed by atoms with E-state index >= 15 is 0 Å². The van der Waals surface area contributed by atoms with Gasteiger partial charge in [-0.3, -0.25) is 19.2 Å². The summed E-state index contributed by atoms with van der Waals surface area (Å²) in [5, 5.41) is 2.61. The molecule has 0 unspecified atom stereocenters. The maximum Gasteiger partial charge on any atom is 0.342 e. The van der Waals surface area contributed by atoms with Gasteiger partial charge in [-0.15, -0.1) is 0 Å². The molecule has 1 N–H and O–H groups in total. The summed E-state index contributed by atoms with van der Waals surface area (Å²) in [6.45, 7) is 4.14. The minimum Gasteiger partial charge on any atom is -0.463 e. The van der Waals surface area contributed by atoms with Gasteiger partial charge in [0.25, 0.3) is 0 Å². The largest absolute Gasteiger partial charge is 0.463 e. The normalized spacial score (nSPS) is 24.2. The summed E-state index contributed by atoms with van der Waals surface area (Å²) >= 11 is 6.05. The standard InChI is InChI=1S/C21H24ClNO10/c1-10(24)23-17-19(31-13(4)27)18(30-12(3)26)16(9-29-11(2)25)32-21(17)33-20(28)14-7-5-6-8-15(14)22/h5-8,16-19,21H,9H2,1-4H3,(H,23,24)/t16-,17+,18+,19+,21+/m1/s1. The molecule has 1 aliphatic rings. The van der Waals surface area contributed by atoms with Crippen LogP contribution in [0.4, 0.5) is 0 Å². The average Bonchev–Trinajstić information content (AvgIpc) is 2.70. The number of rotatable bonds is 7. The molecule has 2 rings (SSSR count). The maximum absolute atomic E-state index is 12.7. The van der Waals surface area contributed by atoms with Gasteiger partial charge in [0.1, 0.15) is 18.8 Å². The van der Waals surface area contributed by atoms with E-state index in [9.17, 15) is 24.0 Å². The van der Waals surface area contributed by atoms with Gasteiger partial charge in [-0.25, -0.2) is 4.79 Å². The molecule has 12 heteroatoms. The van der Waals surface area contributed by atoms with Crippen molar-refractivity contribution in [3.63, 3.8) is 0 Å². The van der Waals surface area contributed by atoms with Gasteiger partial charge in [-0.05, 0) is 12.1 Å². The molecule has 1 aliphatic heterocycles. The number of hydrogen-bond acceptors (Lipinski definition) is 10. The van der Waals surface area contributed by atoms with Gasteiger partial charge in [0, 0.05) is 27.7 Å². The second-order valence-corrected chi connectivity index (χ2v) is 7.51. The van der Waals surface area contributed by atoms with Crippen molar-refractivity contribution in [2.75, 3.05) is 6.61 Å². The number of nitrogens with one attached hydrogen (secondary N) is 1. The number of benzene rings is 1. The van der Waals surface area contributed by atoms with Crippen LogP contribution in [0.5, 0.6) is 0 Å². The predicted molar refractivity (Wildman–Crippen MR) is 111 cm³/mol. The Kier molecular flexibility index (Phi) is 9.18. The maximum atomic E-state index is 12.7. The Balaban J connectivity index is 2.45. The SMILES string of the molecule is CC(=O)N[C@@H]1[C@H](OC(=O)c2ccccc2Cl)O[C@H](COC(C)=O)[C@H](OC(C)=O)[C@H]1OC(C)=O. The number of carbonyl (C=O) groups is 5. The fourth-order valence-electron chi connectivity index (χ4n) is 3.19. The van der Waals surface area contributed by atoms with Crippen LogP contribution in [0.1, 0.15) is 38.1 Å². The van der Waals surface area contributed by atoms with Crippen LogP contribution in [0.25, 0.3) is 0 Å². The monoisotopic (exact) mass is 485 g/mol. The zero-order valence-corrected chi connectivity index (χ0v) is 19.1.